The van der Waals surface area contributed by atoms with Crippen molar-refractivity contribution in [2.24, 2.45) is 0 Å². The topological polar surface area (TPSA) is 26.3 Å². The summed E-state index contributed by atoms with van der Waals surface area (Å²) in [7, 11) is -3.15. The van der Waals surface area contributed by atoms with Gasteiger partial charge in [0.05, 0.1) is 6.61 Å². The first kappa shape index (κ1) is 16.8. The van der Waals surface area contributed by atoms with Crippen molar-refractivity contribution in [1.29, 1.82) is 0 Å². The molecule has 0 unspecified atom stereocenters. The van der Waals surface area contributed by atoms with Crippen molar-refractivity contribution in [3.8, 4) is 0 Å². The zero-order chi connectivity index (χ0) is 17.8. The first-order valence-corrected chi connectivity index (χ1v) is 10.2. The maximum absolute atomic E-state index is 13.8. The Labute approximate surface area is 153 Å². The van der Waals surface area contributed by atoms with E-state index in [4.69, 9.17) is 4.52 Å². The van der Waals surface area contributed by atoms with Gasteiger partial charge in [-0.25, -0.2) is 0 Å². The lowest BCUT2D eigenvalue weighted by molar-refractivity contribution is 0.316. The standard InChI is InChI=1S/C23H19O2P/c24-26(22-11-3-1-4-12-22,23-13-5-2-6-14-23)25-18-19-15-16-20-9-7-8-10-21(20)17-19/h1-17H,18H2. The number of rotatable bonds is 5. The van der Waals surface area contributed by atoms with Gasteiger partial charge in [-0.05, 0) is 46.7 Å². The fourth-order valence-electron chi connectivity index (χ4n) is 3.04. The van der Waals surface area contributed by atoms with Crippen molar-refractivity contribution < 1.29 is 9.09 Å². The van der Waals surface area contributed by atoms with E-state index in [-0.39, 0.29) is 0 Å². The lowest BCUT2D eigenvalue weighted by Gasteiger charge is -2.19. The first-order chi connectivity index (χ1) is 12.8. The van der Waals surface area contributed by atoms with Crippen LogP contribution in [0.2, 0.25) is 0 Å². The third kappa shape index (κ3) is 3.35. The second-order valence-electron chi connectivity index (χ2n) is 6.18. The van der Waals surface area contributed by atoms with Crippen LogP contribution in [0.4, 0.5) is 0 Å². The fourth-order valence-corrected chi connectivity index (χ4v) is 5.10. The molecule has 128 valence electrons. The molecule has 0 saturated carbocycles. The Kier molecular flexibility index (Phi) is 4.71. The van der Waals surface area contributed by atoms with E-state index in [0.717, 1.165) is 10.9 Å². The van der Waals surface area contributed by atoms with E-state index in [9.17, 15) is 4.57 Å². The molecule has 0 heterocycles. The van der Waals surface area contributed by atoms with Gasteiger partial charge in [-0.3, -0.25) is 4.57 Å². The van der Waals surface area contributed by atoms with Gasteiger partial charge < -0.3 is 4.52 Å². The number of hydrogen-bond donors (Lipinski definition) is 0. The summed E-state index contributed by atoms with van der Waals surface area (Å²) < 4.78 is 19.9. The highest BCUT2D eigenvalue weighted by atomic mass is 31.2. The third-order valence-electron chi connectivity index (χ3n) is 4.42. The van der Waals surface area contributed by atoms with Gasteiger partial charge in [0.15, 0.2) is 0 Å². The number of hydrogen-bond acceptors (Lipinski definition) is 2. The van der Waals surface area contributed by atoms with Crippen molar-refractivity contribution in [2.45, 2.75) is 6.61 Å². The number of benzene rings is 4. The molecule has 0 spiro atoms. The molecule has 0 N–H and O–H groups in total. The molecule has 0 radical (unpaired) electrons. The average Bonchev–Trinajstić information content (AvgIpc) is 2.73. The minimum Gasteiger partial charge on any atom is -0.317 e. The largest absolute Gasteiger partial charge is 0.317 e. The van der Waals surface area contributed by atoms with E-state index in [2.05, 4.69) is 24.3 Å². The zero-order valence-electron chi connectivity index (χ0n) is 14.3. The summed E-state index contributed by atoms with van der Waals surface area (Å²) in [5, 5.41) is 3.77. The first-order valence-electron chi connectivity index (χ1n) is 8.59. The summed E-state index contributed by atoms with van der Waals surface area (Å²) in [5.41, 5.74) is 1.01. The van der Waals surface area contributed by atoms with Crippen LogP contribution in [0.25, 0.3) is 10.8 Å². The van der Waals surface area contributed by atoms with E-state index in [0.29, 0.717) is 17.2 Å². The van der Waals surface area contributed by atoms with Gasteiger partial charge in [-0.2, -0.15) is 0 Å². The molecule has 26 heavy (non-hydrogen) atoms. The predicted octanol–water partition coefficient (Wildman–Crippen LogP) is 5.29. The molecule has 4 rings (SSSR count). The van der Waals surface area contributed by atoms with Crippen LogP contribution in [-0.4, -0.2) is 0 Å². The molecular weight excluding hydrogens is 339 g/mol. The van der Waals surface area contributed by atoms with Gasteiger partial charge in [0.25, 0.3) is 7.37 Å². The normalized spacial score (nSPS) is 11.5. The molecule has 4 aromatic rings. The molecule has 4 aromatic carbocycles. The van der Waals surface area contributed by atoms with Crippen molar-refractivity contribution in [1.82, 2.24) is 0 Å². The molecule has 0 aromatic heterocycles. The summed E-state index contributed by atoms with van der Waals surface area (Å²) in [6.45, 7) is 0.298. The summed E-state index contributed by atoms with van der Waals surface area (Å²) in [5.74, 6) is 0. The Morgan fingerprint density at radius 1 is 0.615 bits per heavy atom. The van der Waals surface area contributed by atoms with Crippen molar-refractivity contribution in [2.75, 3.05) is 0 Å². The van der Waals surface area contributed by atoms with Crippen molar-refractivity contribution in [3.05, 3.63) is 109 Å². The highest BCUT2D eigenvalue weighted by Gasteiger charge is 2.28. The zero-order valence-corrected chi connectivity index (χ0v) is 15.2. The fraction of sp³-hybridized carbons (Fsp3) is 0.0435. The molecule has 0 bridgehead atoms. The SMILES string of the molecule is O=P(OCc1ccc2ccccc2c1)(c1ccccc1)c1ccccc1. The van der Waals surface area contributed by atoms with Crippen LogP contribution in [0.3, 0.4) is 0 Å². The molecule has 0 atom stereocenters. The lowest BCUT2D eigenvalue weighted by atomic mass is 10.1. The van der Waals surface area contributed by atoms with E-state index in [1.165, 1.54) is 5.39 Å². The van der Waals surface area contributed by atoms with Gasteiger partial charge in [0, 0.05) is 10.6 Å². The molecule has 0 aliphatic carbocycles. The van der Waals surface area contributed by atoms with Crippen LogP contribution in [0.1, 0.15) is 5.56 Å². The van der Waals surface area contributed by atoms with Crippen LogP contribution < -0.4 is 10.6 Å². The Bertz CT molecular complexity index is 1020. The van der Waals surface area contributed by atoms with Crippen LogP contribution in [0, 0.1) is 0 Å². The minimum atomic E-state index is -3.15. The Morgan fingerprint density at radius 2 is 1.15 bits per heavy atom. The van der Waals surface area contributed by atoms with Gasteiger partial charge in [0.2, 0.25) is 0 Å². The van der Waals surface area contributed by atoms with Gasteiger partial charge in [0.1, 0.15) is 0 Å². The second kappa shape index (κ2) is 7.29. The molecule has 0 amide bonds. The monoisotopic (exact) mass is 358 g/mol. The molecule has 2 nitrogen and oxygen atoms in total. The van der Waals surface area contributed by atoms with Crippen molar-refractivity contribution in [3.63, 3.8) is 0 Å². The Balaban J connectivity index is 1.68. The Morgan fingerprint density at radius 3 is 1.77 bits per heavy atom. The summed E-state index contributed by atoms with van der Waals surface area (Å²) >= 11 is 0. The summed E-state index contributed by atoms with van der Waals surface area (Å²) in [4.78, 5) is 0. The summed E-state index contributed by atoms with van der Waals surface area (Å²) in [6.07, 6.45) is 0. The highest BCUT2D eigenvalue weighted by molar-refractivity contribution is 7.74. The third-order valence-corrected chi connectivity index (χ3v) is 6.87. The smallest absolute Gasteiger partial charge is 0.261 e. The lowest BCUT2D eigenvalue weighted by Crippen LogP contribution is -2.18. The van der Waals surface area contributed by atoms with Gasteiger partial charge >= 0.3 is 0 Å². The number of fused-ring (bicyclic) bond motifs is 1. The Hall–Kier alpha value is -2.67. The maximum Gasteiger partial charge on any atom is 0.261 e. The van der Waals surface area contributed by atoms with E-state index in [1.807, 2.05) is 78.9 Å². The molecule has 0 fully saturated rings. The quantitative estimate of drug-likeness (QED) is 0.453. The minimum absolute atomic E-state index is 0.298. The van der Waals surface area contributed by atoms with Gasteiger partial charge in [-0.15, -0.1) is 0 Å². The molecule has 3 heteroatoms. The molecule has 0 aliphatic heterocycles. The maximum atomic E-state index is 13.8. The van der Waals surface area contributed by atoms with Crippen molar-refractivity contribution >= 4 is 28.8 Å². The van der Waals surface area contributed by atoms with Gasteiger partial charge in [-0.1, -0.05) is 72.8 Å². The summed E-state index contributed by atoms with van der Waals surface area (Å²) in [6, 6.07) is 33.3. The van der Waals surface area contributed by atoms with Crippen LogP contribution >= 0.6 is 7.37 Å². The average molecular weight is 358 g/mol. The second-order valence-corrected chi connectivity index (χ2v) is 8.57. The predicted molar refractivity (Wildman–Crippen MR) is 108 cm³/mol. The van der Waals surface area contributed by atoms with E-state index < -0.39 is 7.37 Å². The molecule has 0 saturated heterocycles. The van der Waals surface area contributed by atoms with E-state index >= 15 is 0 Å². The molecular formula is C23H19O2P. The highest BCUT2D eigenvalue weighted by Crippen LogP contribution is 2.45. The molecule has 0 aliphatic rings. The van der Waals surface area contributed by atoms with Crippen LogP contribution in [0.15, 0.2) is 103 Å². The van der Waals surface area contributed by atoms with Crippen LogP contribution in [0.5, 0.6) is 0 Å². The van der Waals surface area contributed by atoms with Crippen LogP contribution in [-0.2, 0) is 15.7 Å². The van der Waals surface area contributed by atoms with E-state index in [1.54, 1.807) is 0 Å².